The summed E-state index contributed by atoms with van der Waals surface area (Å²) in [4.78, 5) is 2.56. The van der Waals surface area contributed by atoms with Crippen molar-refractivity contribution in [2.75, 3.05) is 19.6 Å². The minimum absolute atomic E-state index is 0. The Kier molecular flexibility index (Phi) is 5.30. The lowest BCUT2D eigenvalue weighted by Gasteiger charge is -2.32. The van der Waals surface area contributed by atoms with E-state index in [1.54, 1.807) is 0 Å². The molecule has 3 heterocycles. The quantitative estimate of drug-likeness (QED) is 0.935. The first-order valence-electron chi connectivity index (χ1n) is 8.29. The molecule has 1 N–H and O–H groups in total. The molecule has 1 aromatic carbocycles. The lowest BCUT2D eigenvalue weighted by molar-refractivity contribution is 0.199. The highest BCUT2D eigenvalue weighted by Crippen LogP contribution is 2.28. The van der Waals surface area contributed by atoms with Crippen molar-refractivity contribution < 1.29 is 0 Å². The lowest BCUT2D eigenvalue weighted by atomic mass is 9.95. The van der Waals surface area contributed by atoms with Crippen LogP contribution < -0.4 is 5.32 Å². The summed E-state index contributed by atoms with van der Waals surface area (Å²) in [5.74, 6) is 2.90. The molecule has 4 rings (SSSR count). The maximum absolute atomic E-state index is 4.48. The van der Waals surface area contributed by atoms with Crippen LogP contribution in [0.2, 0.25) is 0 Å². The molecule has 0 amide bonds. The van der Waals surface area contributed by atoms with Gasteiger partial charge in [0.25, 0.3) is 0 Å². The molecule has 5 nitrogen and oxygen atoms in total. The van der Waals surface area contributed by atoms with Crippen molar-refractivity contribution in [2.45, 2.75) is 38.4 Å². The van der Waals surface area contributed by atoms with E-state index < -0.39 is 0 Å². The van der Waals surface area contributed by atoms with Gasteiger partial charge in [-0.15, -0.1) is 22.6 Å². The number of nitrogens with zero attached hydrogens (tertiary/aromatic N) is 4. The summed E-state index contributed by atoms with van der Waals surface area (Å²) >= 11 is 0. The summed E-state index contributed by atoms with van der Waals surface area (Å²) in [6, 6.07) is 10.8. The molecule has 1 aromatic heterocycles. The summed E-state index contributed by atoms with van der Waals surface area (Å²) in [6.07, 6.45) is 2.39. The second kappa shape index (κ2) is 7.43. The lowest BCUT2D eigenvalue weighted by Crippen LogP contribution is -2.34. The highest BCUT2D eigenvalue weighted by atomic mass is 35.5. The zero-order valence-electron chi connectivity index (χ0n) is 13.3. The minimum Gasteiger partial charge on any atom is -0.312 e. The number of aromatic nitrogens is 3. The predicted octanol–water partition coefficient (Wildman–Crippen LogP) is 2.18. The molecule has 1 saturated heterocycles. The highest BCUT2D eigenvalue weighted by Gasteiger charge is 2.26. The van der Waals surface area contributed by atoms with Crippen molar-refractivity contribution >= 4 is 12.4 Å². The number of piperidine rings is 1. The molecule has 1 fully saturated rings. The third-order valence-electron chi connectivity index (χ3n) is 4.85. The van der Waals surface area contributed by atoms with Crippen LogP contribution in [-0.4, -0.2) is 39.3 Å². The number of rotatable bonds is 3. The van der Waals surface area contributed by atoms with Crippen molar-refractivity contribution in [1.82, 2.24) is 25.0 Å². The van der Waals surface area contributed by atoms with Crippen molar-refractivity contribution in [2.24, 2.45) is 0 Å². The van der Waals surface area contributed by atoms with E-state index in [0.717, 1.165) is 45.1 Å². The number of benzene rings is 1. The van der Waals surface area contributed by atoms with Gasteiger partial charge >= 0.3 is 0 Å². The Balaban J connectivity index is 0.00000156. The SMILES string of the molecule is Cl.c1ccc(CN2CCC(c3nnc4n3CCNC4)CC2)cc1. The molecule has 2 aliphatic heterocycles. The van der Waals surface area contributed by atoms with Gasteiger partial charge < -0.3 is 9.88 Å². The van der Waals surface area contributed by atoms with E-state index in [4.69, 9.17) is 0 Å². The average molecular weight is 334 g/mol. The van der Waals surface area contributed by atoms with Crippen LogP contribution in [0.5, 0.6) is 0 Å². The van der Waals surface area contributed by atoms with E-state index in [0.29, 0.717) is 5.92 Å². The molecule has 0 unspecified atom stereocenters. The number of halogens is 1. The Labute approximate surface area is 143 Å². The number of hydrogen-bond donors (Lipinski definition) is 1. The Morgan fingerprint density at radius 2 is 1.83 bits per heavy atom. The third kappa shape index (κ3) is 3.57. The van der Waals surface area contributed by atoms with E-state index >= 15 is 0 Å². The fraction of sp³-hybridized carbons (Fsp3) is 0.529. The molecule has 0 bridgehead atoms. The summed E-state index contributed by atoms with van der Waals surface area (Å²) in [5, 5.41) is 12.2. The Morgan fingerprint density at radius 3 is 2.61 bits per heavy atom. The molecule has 0 aliphatic carbocycles. The zero-order chi connectivity index (χ0) is 14.8. The first-order chi connectivity index (χ1) is 10.9. The Morgan fingerprint density at radius 1 is 1.04 bits per heavy atom. The van der Waals surface area contributed by atoms with Crippen LogP contribution >= 0.6 is 12.4 Å². The van der Waals surface area contributed by atoms with Gasteiger partial charge in [-0.1, -0.05) is 30.3 Å². The van der Waals surface area contributed by atoms with Gasteiger partial charge in [0.05, 0.1) is 6.54 Å². The third-order valence-corrected chi connectivity index (χ3v) is 4.85. The average Bonchev–Trinajstić information content (AvgIpc) is 3.01. The summed E-state index contributed by atoms with van der Waals surface area (Å²) < 4.78 is 2.34. The van der Waals surface area contributed by atoms with Crippen LogP contribution in [0.4, 0.5) is 0 Å². The second-order valence-corrected chi connectivity index (χ2v) is 6.34. The smallest absolute Gasteiger partial charge is 0.147 e. The molecule has 23 heavy (non-hydrogen) atoms. The van der Waals surface area contributed by atoms with Gasteiger partial charge in [-0.2, -0.15) is 0 Å². The van der Waals surface area contributed by atoms with Gasteiger partial charge in [-0.25, -0.2) is 0 Å². The van der Waals surface area contributed by atoms with Crippen LogP contribution in [0.1, 0.15) is 36.0 Å². The first kappa shape index (κ1) is 16.4. The minimum atomic E-state index is 0. The van der Waals surface area contributed by atoms with Crippen molar-refractivity contribution in [3.8, 4) is 0 Å². The van der Waals surface area contributed by atoms with Gasteiger partial charge in [-0.3, -0.25) is 4.90 Å². The molecule has 124 valence electrons. The van der Waals surface area contributed by atoms with Gasteiger partial charge in [0.1, 0.15) is 11.6 Å². The van der Waals surface area contributed by atoms with E-state index in [9.17, 15) is 0 Å². The predicted molar refractivity (Wildman–Crippen MR) is 92.7 cm³/mol. The standard InChI is InChI=1S/C17H23N5.ClH/c1-2-4-14(5-3-1)13-21-9-6-15(7-10-21)17-20-19-16-12-18-8-11-22(16)17;/h1-5,15,18H,6-13H2;1H. The van der Waals surface area contributed by atoms with E-state index in [1.165, 1.54) is 24.2 Å². The van der Waals surface area contributed by atoms with Crippen LogP contribution in [-0.2, 0) is 19.6 Å². The van der Waals surface area contributed by atoms with Crippen LogP contribution in [0.25, 0.3) is 0 Å². The molecule has 0 spiro atoms. The van der Waals surface area contributed by atoms with E-state index in [1.807, 2.05) is 0 Å². The van der Waals surface area contributed by atoms with E-state index in [-0.39, 0.29) is 12.4 Å². The summed E-state index contributed by atoms with van der Waals surface area (Å²) in [5.41, 5.74) is 1.41. The van der Waals surface area contributed by atoms with Crippen molar-refractivity contribution in [3.05, 3.63) is 47.5 Å². The van der Waals surface area contributed by atoms with Crippen molar-refractivity contribution in [3.63, 3.8) is 0 Å². The zero-order valence-corrected chi connectivity index (χ0v) is 14.1. The molecule has 0 atom stereocenters. The topological polar surface area (TPSA) is 46.0 Å². The number of hydrogen-bond acceptors (Lipinski definition) is 4. The van der Waals surface area contributed by atoms with Gasteiger partial charge in [0.2, 0.25) is 0 Å². The Hall–Kier alpha value is -1.43. The number of likely N-dealkylation sites (tertiary alicyclic amines) is 1. The van der Waals surface area contributed by atoms with Crippen LogP contribution in [0.15, 0.2) is 30.3 Å². The second-order valence-electron chi connectivity index (χ2n) is 6.34. The molecule has 0 saturated carbocycles. The molecule has 0 radical (unpaired) electrons. The van der Waals surface area contributed by atoms with Crippen LogP contribution in [0, 0.1) is 0 Å². The van der Waals surface area contributed by atoms with Gasteiger partial charge in [-0.05, 0) is 31.5 Å². The van der Waals surface area contributed by atoms with Crippen molar-refractivity contribution in [1.29, 1.82) is 0 Å². The maximum Gasteiger partial charge on any atom is 0.147 e. The first-order valence-corrected chi connectivity index (χ1v) is 8.29. The van der Waals surface area contributed by atoms with E-state index in [2.05, 4.69) is 55.3 Å². The fourth-order valence-electron chi connectivity index (χ4n) is 3.61. The molecule has 2 aromatic rings. The molecule has 6 heteroatoms. The van der Waals surface area contributed by atoms with Crippen LogP contribution in [0.3, 0.4) is 0 Å². The molecular formula is C17H24ClN5. The maximum atomic E-state index is 4.48. The number of nitrogens with one attached hydrogen (secondary N) is 1. The monoisotopic (exact) mass is 333 g/mol. The molecular weight excluding hydrogens is 310 g/mol. The summed E-state index contributed by atoms with van der Waals surface area (Å²) in [6.45, 7) is 6.28. The fourth-order valence-corrected chi connectivity index (χ4v) is 3.61. The largest absolute Gasteiger partial charge is 0.312 e. The highest BCUT2D eigenvalue weighted by molar-refractivity contribution is 5.85. The summed E-state index contributed by atoms with van der Waals surface area (Å²) in [7, 11) is 0. The normalized spacial score (nSPS) is 19.1. The Bertz CT molecular complexity index is 619. The van der Waals surface area contributed by atoms with Gasteiger partial charge in [0.15, 0.2) is 0 Å². The van der Waals surface area contributed by atoms with Gasteiger partial charge in [0, 0.05) is 25.6 Å². The molecule has 2 aliphatic rings. The number of fused-ring (bicyclic) bond motifs is 1.